The summed E-state index contributed by atoms with van der Waals surface area (Å²) in [6, 6.07) is 38.9. The van der Waals surface area contributed by atoms with Crippen molar-refractivity contribution in [2.45, 2.75) is 6.16 Å². The minimum atomic E-state index is -7.22. The largest absolute Gasteiger partial charge is 0.269 e. The van der Waals surface area contributed by atoms with E-state index in [4.69, 9.17) is 0 Å². The molecular formula is C49H21BF20NO2P. The molecule has 8 aromatic rings. The minimum absolute atomic E-state index is 0.122. The Hall–Kier alpha value is -7.75. The van der Waals surface area contributed by atoms with E-state index in [1.54, 1.807) is 12.1 Å². The van der Waals surface area contributed by atoms with Crippen molar-refractivity contribution in [2.75, 3.05) is 0 Å². The Bertz CT molecular complexity index is 3030. The number of halogens is 20. The lowest BCUT2D eigenvalue weighted by Crippen LogP contribution is -2.81. The molecule has 0 fully saturated rings. The van der Waals surface area contributed by atoms with Crippen LogP contribution in [0.5, 0.6) is 0 Å². The first-order valence-electron chi connectivity index (χ1n) is 20.4. The van der Waals surface area contributed by atoms with E-state index in [1.807, 2.05) is 30.3 Å². The van der Waals surface area contributed by atoms with Gasteiger partial charge in [-0.05, 0) is 54.1 Å². The number of hydrogen-bond donors (Lipinski definition) is 0. The Morgan fingerprint density at radius 3 is 0.716 bits per heavy atom. The molecule has 74 heavy (non-hydrogen) atoms. The molecular weight excluding hydrogens is 1060 g/mol. The molecule has 8 rings (SSSR count). The van der Waals surface area contributed by atoms with Crippen molar-refractivity contribution < 1.29 is 92.7 Å². The highest BCUT2D eigenvalue weighted by molar-refractivity contribution is 7.95. The van der Waals surface area contributed by atoms with Crippen LogP contribution < -0.4 is 37.8 Å². The van der Waals surface area contributed by atoms with Crippen LogP contribution in [0.3, 0.4) is 0 Å². The van der Waals surface area contributed by atoms with Crippen LogP contribution >= 0.6 is 7.26 Å². The molecule has 0 spiro atoms. The van der Waals surface area contributed by atoms with Crippen molar-refractivity contribution >= 4 is 56.9 Å². The van der Waals surface area contributed by atoms with Crippen molar-refractivity contribution in [3.8, 4) is 0 Å². The van der Waals surface area contributed by atoms with Crippen LogP contribution in [0.4, 0.5) is 93.5 Å². The summed E-state index contributed by atoms with van der Waals surface area (Å²) in [6.45, 7) is 0. The maximum Gasteiger partial charge on any atom is 0.269 e. The molecule has 0 N–H and O–H groups in total. The van der Waals surface area contributed by atoms with Gasteiger partial charge < -0.3 is 0 Å². The molecule has 0 aliphatic rings. The van der Waals surface area contributed by atoms with Crippen molar-refractivity contribution in [1.82, 2.24) is 0 Å². The molecule has 0 aliphatic heterocycles. The van der Waals surface area contributed by atoms with Gasteiger partial charge in [-0.25, -0.2) is 87.8 Å². The van der Waals surface area contributed by atoms with E-state index >= 15 is 35.1 Å². The molecule has 25 heteroatoms. The van der Waals surface area contributed by atoms with Gasteiger partial charge in [0.05, 0.1) is 11.1 Å². The summed E-state index contributed by atoms with van der Waals surface area (Å²) in [6.07, 6.45) is -6.41. The van der Waals surface area contributed by atoms with Gasteiger partial charge in [0.1, 0.15) is 75.9 Å². The summed E-state index contributed by atoms with van der Waals surface area (Å²) in [4.78, 5) is 10.7. The zero-order valence-corrected chi connectivity index (χ0v) is 36.9. The van der Waals surface area contributed by atoms with E-state index in [2.05, 4.69) is 72.8 Å². The second-order valence-corrected chi connectivity index (χ2v) is 19.2. The second kappa shape index (κ2) is 20.6. The van der Waals surface area contributed by atoms with Gasteiger partial charge in [-0.1, -0.05) is 54.6 Å². The summed E-state index contributed by atoms with van der Waals surface area (Å²) in [5.41, 5.74) is -13.1. The van der Waals surface area contributed by atoms with Gasteiger partial charge in [-0.2, -0.15) is 0 Å². The van der Waals surface area contributed by atoms with Crippen LogP contribution in [0.2, 0.25) is 0 Å². The molecule has 382 valence electrons. The molecule has 0 radical (unpaired) electrons. The fraction of sp³-hybridized carbons (Fsp3) is 0.0204. The highest BCUT2D eigenvalue weighted by atomic mass is 31.2. The third kappa shape index (κ3) is 8.56. The summed E-state index contributed by atoms with van der Waals surface area (Å²) >= 11 is 0. The normalized spacial score (nSPS) is 11.7. The first-order chi connectivity index (χ1) is 34.9. The molecule has 3 nitrogen and oxygen atoms in total. The van der Waals surface area contributed by atoms with Crippen LogP contribution in [-0.2, 0) is 6.16 Å². The molecule has 0 bridgehead atoms. The van der Waals surface area contributed by atoms with E-state index < -0.39 is 152 Å². The second-order valence-electron chi connectivity index (χ2n) is 15.7. The Morgan fingerprint density at radius 2 is 0.514 bits per heavy atom. The molecule has 0 saturated carbocycles. The summed E-state index contributed by atoms with van der Waals surface area (Å²) in [7, 11) is -1.98. The van der Waals surface area contributed by atoms with Crippen LogP contribution in [-0.4, -0.2) is 11.1 Å². The molecule has 0 aromatic heterocycles. The van der Waals surface area contributed by atoms with Crippen molar-refractivity contribution in [2.24, 2.45) is 0 Å². The zero-order valence-electron chi connectivity index (χ0n) is 36.0. The maximum absolute atomic E-state index is 15.4. The number of nitro groups is 1. The fourth-order valence-electron chi connectivity index (χ4n) is 8.64. The Labute approximate surface area is 402 Å². The predicted molar refractivity (Wildman–Crippen MR) is 231 cm³/mol. The van der Waals surface area contributed by atoms with Crippen molar-refractivity contribution in [3.05, 3.63) is 247 Å². The highest BCUT2D eigenvalue weighted by Crippen LogP contribution is 2.58. The molecule has 0 saturated heterocycles. The van der Waals surface area contributed by atoms with Crippen LogP contribution in [0.25, 0.3) is 0 Å². The van der Waals surface area contributed by atoms with Gasteiger partial charge in [0.15, 0.2) is 69.8 Å². The average molecular weight is 1080 g/mol. The van der Waals surface area contributed by atoms with Crippen LogP contribution in [0, 0.1) is 126 Å². The molecule has 8 aromatic carbocycles. The van der Waals surface area contributed by atoms with E-state index in [0.717, 1.165) is 11.7 Å². The number of benzene rings is 8. The Morgan fingerprint density at radius 1 is 0.311 bits per heavy atom. The fourth-order valence-corrected chi connectivity index (χ4v) is 12.9. The molecule has 0 amide bonds. The maximum atomic E-state index is 15.4. The third-order valence-electron chi connectivity index (χ3n) is 11.9. The lowest BCUT2D eigenvalue weighted by atomic mass is 9.12. The quantitative estimate of drug-likeness (QED) is 0.0261. The van der Waals surface area contributed by atoms with Gasteiger partial charge in [0.25, 0.3) is 5.69 Å². The minimum Gasteiger partial charge on any atom is -0.258 e. The average Bonchev–Trinajstić information content (AvgIpc) is 3.41. The Kier molecular flexibility index (Phi) is 15.1. The molecule has 0 aliphatic carbocycles. The molecule has 0 atom stereocenters. The monoisotopic (exact) mass is 1080 g/mol. The zero-order chi connectivity index (χ0) is 54.5. The SMILES string of the molecule is Fc1c(F)c(F)c([B-](c2c(F)c(F)c(F)c(F)c2F)(c2c(F)c(F)c(F)c(F)c2F)c2c(F)c(F)c(F)c(F)c2F)c(F)c1F.O=[N+]([O-])c1ccc(C[P+](c2ccccc2)(c2ccccc2)c2ccccc2)cc1. The number of nitrogens with zero attached hydrogens (tertiary/aromatic N) is 1. The smallest absolute Gasteiger partial charge is 0.258 e. The first-order valence-corrected chi connectivity index (χ1v) is 22.4. The van der Waals surface area contributed by atoms with Crippen LogP contribution in [0.1, 0.15) is 5.56 Å². The van der Waals surface area contributed by atoms with E-state index in [1.165, 1.54) is 15.9 Å². The number of non-ortho nitro benzene ring substituents is 1. The number of nitro benzene ring substituents is 1. The number of hydrogen-bond acceptors (Lipinski definition) is 2. The van der Waals surface area contributed by atoms with Gasteiger partial charge in [-0.15, -0.1) is 21.9 Å². The van der Waals surface area contributed by atoms with Gasteiger partial charge >= 0.3 is 0 Å². The first kappa shape index (κ1) is 54.0. The molecule has 0 unspecified atom stereocenters. The van der Waals surface area contributed by atoms with E-state index in [-0.39, 0.29) is 10.6 Å². The van der Waals surface area contributed by atoms with Gasteiger partial charge in [0.2, 0.25) is 0 Å². The topological polar surface area (TPSA) is 43.1 Å². The summed E-state index contributed by atoms with van der Waals surface area (Å²) < 4.78 is 294. The van der Waals surface area contributed by atoms with Crippen molar-refractivity contribution in [3.63, 3.8) is 0 Å². The number of rotatable bonds is 10. The lowest BCUT2D eigenvalue weighted by Gasteiger charge is -2.44. The van der Waals surface area contributed by atoms with E-state index in [0.29, 0.717) is 0 Å². The Balaban J connectivity index is 0.000000237. The summed E-state index contributed by atoms with van der Waals surface area (Å²) in [5.74, 6) is -71.4. The lowest BCUT2D eigenvalue weighted by molar-refractivity contribution is -0.384. The van der Waals surface area contributed by atoms with Crippen LogP contribution in [0.15, 0.2) is 115 Å². The molecule has 0 heterocycles. The van der Waals surface area contributed by atoms with Gasteiger partial charge in [0, 0.05) is 12.1 Å². The predicted octanol–water partition coefficient (Wildman–Crippen LogP) is 10.9. The third-order valence-corrected chi connectivity index (χ3v) is 16.2. The van der Waals surface area contributed by atoms with E-state index in [9.17, 15) is 62.8 Å². The van der Waals surface area contributed by atoms with Gasteiger partial charge in [-0.3, -0.25) is 10.1 Å². The highest BCUT2D eigenvalue weighted by Gasteiger charge is 2.52. The van der Waals surface area contributed by atoms with Crippen molar-refractivity contribution in [1.29, 1.82) is 0 Å². The summed E-state index contributed by atoms with van der Waals surface area (Å²) in [5, 5.41) is 15.0. The standard InChI is InChI=1S/C25H21NO2P.C24BF20/c27-26(28)22-18-16-21(17-19-22)20-29(23-10-4-1-5-11-23,24-12-6-2-7-13-24)25-14-8-3-9-15-25;26-5-1(6(27)14(35)21(42)13(5)34)25(2-7(28)15(36)22(43)16(37)8(2)29,3-9(30)17(38)23(44)18(39)10(3)31)4-11(32)19(40)24(45)20(41)12(4)33/h1-19H,20H2;/q+1;-1.